The minimum absolute atomic E-state index is 0.126. The first kappa shape index (κ1) is 14.6. The molecule has 1 aliphatic rings. The highest BCUT2D eigenvalue weighted by Gasteiger charge is 2.24. The Kier molecular flexibility index (Phi) is 4.77. The molecule has 0 aromatic heterocycles. The summed E-state index contributed by atoms with van der Waals surface area (Å²) >= 11 is 0. The normalized spacial score (nSPS) is 22.2. The second-order valence-corrected chi connectivity index (χ2v) is 5.43. The zero-order chi connectivity index (χ0) is 14.5. The molecule has 1 aromatic carbocycles. The van der Waals surface area contributed by atoms with E-state index in [4.69, 9.17) is 9.84 Å². The number of methoxy groups -OCH3 is 1. The molecule has 1 aliphatic carbocycles. The van der Waals surface area contributed by atoms with Crippen molar-refractivity contribution in [1.29, 1.82) is 0 Å². The number of carboxylic acid groups (broad SMARTS) is 1. The molecule has 0 heterocycles. The fraction of sp³-hybridized carbons (Fsp3) is 0.500. The lowest BCUT2D eigenvalue weighted by Gasteiger charge is -2.28. The summed E-state index contributed by atoms with van der Waals surface area (Å²) in [4.78, 5) is 22.1. The van der Waals surface area contributed by atoms with Crippen LogP contribution in [0.25, 0.3) is 0 Å². The van der Waals surface area contributed by atoms with Crippen molar-refractivity contribution in [2.24, 2.45) is 5.92 Å². The van der Waals surface area contributed by atoms with Gasteiger partial charge in [-0.1, -0.05) is 12.1 Å². The molecule has 0 atom stereocenters. The first-order chi connectivity index (χ1) is 9.60. The van der Waals surface area contributed by atoms with Gasteiger partial charge in [-0.3, -0.25) is 4.79 Å². The van der Waals surface area contributed by atoms with Gasteiger partial charge in [-0.25, -0.2) is 4.79 Å². The molecule has 0 saturated heterocycles. The predicted octanol–water partition coefficient (Wildman–Crippen LogP) is 3.22. The number of hydrogen-bond acceptors (Lipinski definition) is 3. The Hall–Kier alpha value is -1.84. The van der Waals surface area contributed by atoms with E-state index in [1.807, 2.05) is 12.1 Å². The quantitative estimate of drug-likeness (QED) is 0.858. The number of carboxylic acids is 1. The van der Waals surface area contributed by atoms with E-state index < -0.39 is 5.97 Å². The summed E-state index contributed by atoms with van der Waals surface area (Å²) < 4.78 is 4.71. The highest BCUT2D eigenvalue weighted by atomic mass is 16.5. The Bertz CT molecular complexity index is 470. The van der Waals surface area contributed by atoms with Crippen LogP contribution in [0.3, 0.4) is 0 Å². The first-order valence-corrected chi connectivity index (χ1v) is 7.00. The average molecular weight is 276 g/mol. The summed E-state index contributed by atoms with van der Waals surface area (Å²) in [6.07, 6.45) is 4.67. The van der Waals surface area contributed by atoms with E-state index in [2.05, 4.69) is 0 Å². The summed E-state index contributed by atoms with van der Waals surface area (Å²) in [5, 5.41) is 8.88. The van der Waals surface area contributed by atoms with Gasteiger partial charge in [-0.05, 0) is 55.2 Å². The molecular weight excluding hydrogens is 256 g/mol. The van der Waals surface area contributed by atoms with Crippen LogP contribution >= 0.6 is 0 Å². The van der Waals surface area contributed by atoms with E-state index >= 15 is 0 Å². The highest BCUT2D eigenvalue weighted by Crippen LogP contribution is 2.37. The molecule has 1 aromatic rings. The van der Waals surface area contributed by atoms with Gasteiger partial charge in [0.25, 0.3) is 0 Å². The van der Waals surface area contributed by atoms with Crippen LogP contribution < -0.4 is 0 Å². The van der Waals surface area contributed by atoms with Crippen LogP contribution in [0.2, 0.25) is 0 Å². The summed E-state index contributed by atoms with van der Waals surface area (Å²) in [5.74, 6) is -0.110. The Morgan fingerprint density at radius 3 is 2.25 bits per heavy atom. The fourth-order valence-electron chi connectivity index (χ4n) is 2.92. The monoisotopic (exact) mass is 276 g/mol. The number of esters is 1. The lowest BCUT2D eigenvalue weighted by Crippen LogP contribution is -2.17. The molecule has 0 amide bonds. The Morgan fingerprint density at radius 2 is 1.75 bits per heavy atom. The molecule has 0 aliphatic heterocycles. The van der Waals surface area contributed by atoms with Crippen LogP contribution in [0.1, 0.15) is 53.9 Å². The molecule has 0 spiro atoms. The van der Waals surface area contributed by atoms with Gasteiger partial charge in [0.2, 0.25) is 0 Å². The molecular formula is C16H20O4. The third-order valence-corrected chi connectivity index (χ3v) is 4.16. The van der Waals surface area contributed by atoms with Gasteiger partial charge < -0.3 is 9.84 Å². The third-order valence-electron chi connectivity index (χ3n) is 4.16. The van der Waals surface area contributed by atoms with Crippen molar-refractivity contribution >= 4 is 11.9 Å². The van der Waals surface area contributed by atoms with Crippen molar-refractivity contribution in [2.45, 2.75) is 38.0 Å². The minimum Gasteiger partial charge on any atom is -0.478 e. The number of rotatable bonds is 4. The van der Waals surface area contributed by atoms with Crippen LogP contribution in [0.15, 0.2) is 24.3 Å². The summed E-state index contributed by atoms with van der Waals surface area (Å²) in [6.45, 7) is 0. The van der Waals surface area contributed by atoms with Crippen LogP contribution in [-0.4, -0.2) is 24.2 Å². The van der Waals surface area contributed by atoms with Gasteiger partial charge in [-0.2, -0.15) is 0 Å². The van der Waals surface area contributed by atoms with Crippen molar-refractivity contribution in [3.05, 3.63) is 35.4 Å². The highest BCUT2D eigenvalue weighted by molar-refractivity contribution is 5.87. The van der Waals surface area contributed by atoms with Crippen LogP contribution in [-0.2, 0) is 9.53 Å². The smallest absolute Gasteiger partial charge is 0.335 e. The largest absolute Gasteiger partial charge is 0.478 e. The van der Waals surface area contributed by atoms with Gasteiger partial charge >= 0.3 is 11.9 Å². The lowest BCUT2D eigenvalue weighted by molar-refractivity contribution is -0.142. The Labute approximate surface area is 118 Å². The van der Waals surface area contributed by atoms with E-state index in [1.54, 1.807) is 12.1 Å². The SMILES string of the molecule is COC(=O)C[C@H]1CC[C@H](c2ccc(C(=O)O)cc2)CC1. The number of carbonyl (C=O) groups excluding carboxylic acids is 1. The summed E-state index contributed by atoms with van der Waals surface area (Å²) in [6, 6.07) is 7.15. The number of hydrogen-bond donors (Lipinski definition) is 1. The molecule has 20 heavy (non-hydrogen) atoms. The third kappa shape index (κ3) is 3.59. The first-order valence-electron chi connectivity index (χ1n) is 7.00. The minimum atomic E-state index is -0.890. The van der Waals surface area contributed by atoms with Crippen molar-refractivity contribution in [1.82, 2.24) is 0 Å². The van der Waals surface area contributed by atoms with Gasteiger partial charge in [-0.15, -0.1) is 0 Å². The number of carbonyl (C=O) groups is 2. The van der Waals surface area contributed by atoms with E-state index in [-0.39, 0.29) is 5.97 Å². The van der Waals surface area contributed by atoms with E-state index in [1.165, 1.54) is 12.7 Å². The van der Waals surface area contributed by atoms with E-state index in [0.29, 0.717) is 23.8 Å². The zero-order valence-corrected chi connectivity index (χ0v) is 11.7. The van der Waals surface area contributed by atoms with E-state index in [9.17, 15) is 9.59 Å². The lowest BCUT2D eigenvalue weighted by atomic mass is 9.77. The maximum absolute atomic E-state index is 11.3. The molecule has 2 rings (SSSR count). The standard InChI is InChI=1S/C16H20O4/c1-20-15(17)10-11-2-4-12(5-3-11)13-6-8-14(9-7-13)16(18)19/h6-9,11-12H,2-5,10H2,1H3,(H,18,19)/t11-,12-. The molecule has 0 radical (unpaired) electrons. The Balaban J connectivity index is 1.90. The Morgan fingerprint density at radius 1 is 1.15 bits per heavy atom. The maximum Gasteiger partial charge on any atom is 0.335 e. The molecule has 4 nitrogen and oxygen atoms in total. The number of aromatic carboxylic acids is 1. The molecule has 0 bridgehead atoms. The fourth-order valence-corrected chi connectivity index (χ4v) is 2.92. The molecule has 4 heteroatoms. The number of ether oxygens (including phenoxy) is 1. The van der Waals surface area contributed by atoms with Crippen LogP contribution in [0.4, 0.5) is 0 Å². The van der Waals surface area contributed by atoms with Crippen molar-refractivity contribution in [2.75, 3.05) is 7.11 Å². The second-order valence-electron chi connectivity index (χ2n) is 5.43. The van der Waals surface area contributed by atoms with Crippen LogP contribution in [0.5, 0.6) is 0 Å². The van der Waals surface area contributed by atoms with E-state index in [0.717, 1.165) is 25.7 Å². The molecule has 108 valence electrons. The molecule has 0 unspecified atom stereocenters. The predicted molar refractivity (Wildman–Crippen MR) is 74.7 cm³/mol. The van der Waals surface area contributed by atoms with Crippen molar-refractivity contribution < 1.29 is 19.4 Å². The topological polar surface area (TPSA) is 63.6 Å². The van der Waals surface area contributed by atoms with Gasteiger partial charge in [0, 0.05) is 6.42 Å². The summed E-state index contributed by atoms with van der Waals surface area (Å²) in [5.41, 5.74) is 1.53. The van der Waals surface area contributed by atoms with Crippen LogP contribution in [0, 0.1) is 5.92 Å². The van der Waals surface area contributed by atoms with Crippen molar-refractivity contribution in [3.8, 4) is 0 Å². The summed E-state index contributed by atoms with van der Waals surface area (Å²) in [7, 11) is 1.43. The second kappa shape index (κ2) is 6.55. The molecule has 1 saturated carbocycles. The zero-order valence-electron chi connectivity index (χ0n) is 11.7. The maximum atomic E-state index is 11.3. The van der Waals surface area contributed by atoms with Crippen molar-refractivity contribution in [3.63, 3.8) is 0 Å². The number of benzene rings is 1. The molecule has 1 fully saturated rings. The van der Waals surface area contributed by atoms with Gasteiger partial charge in [0.15, 0.2) is 0 Å². The van der Waals surface area contributed by atoms with Gasteiger partial charge in [0.1, 0.15) is 0 Å². The molecule has 1 N–H and O–H groups in total. The van der Waals surface area contributed by atoms with Gasteiger partial charge in [0.05, 0.1) is 12.7 Å². The average Bonchev–Trinajstić information content (AvgIpc) is 2.48.